The topological polar surface area (TPSA) is 224 Å². The van der Waals surface area contributed by atoms with E-state index in [4.69, 9.17) is 19.9 Å². The number of esters is 1. The number of aromatic hydroxyl groups is 2. The molecule has 0 bridgehead atoms. The minimum atomic E-state index is -1.89. The first-order valence-electron chi connectivity index (χ1n) is 14.1. The Morgan fingerprint density at radius 2 is 1.73 bits per heavy atom. The van der Waals surface area contributed by atoms with Gasteiger partial charge >= 0.3 is 12.1 Å². The van der Waals surface area contributed by atoms with Crippen molar-refractivity contribution < 1.29 is 58.6 Å². The Labute approximate surface area is 263 Å². The molecule has 7 N–H and O–H groups in total. The van der Waals surface area contributed by atoms with E-state index in [9.17, 15) is 39.6 Å². The highest BCUT2D eigenvalue weighted by Crippen LogP contribution is 2.51. The Kier molecular flexibility index (Phi) is 10.1. The van der Waals surface area contributed by atoms with Crippen LogP contribution in [0.4, 0.5) is 4.79 Å². The third-order valence-electron chi connectivity index (χ3n) is 8.22. The third-order valence-corrected chi connectivity index (χ3v) is 8.22. The normalized spacial score (nSPS) is 26.9. The molecule has 0 spiro atoms. The monoisotopic (exact) mass is 650 g/mol. The van der Waals surface area contributed by atoms with E-state index >= 15 is 0 Å². The van der Waals surface area contributed by atoms with Crippen molar-refractivity contribution >= 4 is 36.0 Å². The number of hydrogen-bond donors (Lipinski definition) is 6. The second kappa shape index (κ2) is 13.3. The molecule has 3 aliphatic rings. The third kappa shape index (κ3) is 6.48. The summed E-state index contributed by atoms with van der Waals surface area (Å²) in [7, 11) is 1.21. The Bertz CT molecular complexity index is 1500. The quantitative estimate of drug-likeness (QED) is 0.156. The molecule has 45 heavy (non-hydrogen) atoms. The number of ether oxygens (including phenoxy) is 4. The van der Waals surface area contributed by atoms with E-state index in [1.807, 2.05) is 0 Å². The summed E-state index contributed by atoms with van der Waals surface area (Å²) >= 11 is 0. The van der Waals surface area contributed by atoms with Crippen LogP contribution in [0, 0.1) is 0 Å². The van der Waals surface area contributed by atoms with E-state index in [1.165, 1.54) is 19.2 Å². The number of carbonyl (C=O) groups is 4. The first-order chi connectivity index (χ1) is 20.8. The van der Waals surface area contributed by atoms with Gasteiger partial charge in [-0.2, -0.15) is 0 Å². The molecule has 5 rings (SSSR count). The largest absolute Gasteiger partial charge is 0.507 e. The van der Waals surface area contributed by atoms with Gasteiger partial charge in [-0.25, -0.2) is 4.79 Å². The van der Waals surface area contributed by atoms with Crippen LogP contribution in [0.2, 0.25) is 0 Å². The molecule has 2 aliphatic carbocycles. The van der Waals surface area contributed by atoms with Crippen LogP contribution in [-0.4, -0.2) is 94.5 Å². The van der Waals surface area contributed by atoms with Gasteiger partial charge in [-0.3, -0.25) is 14.4 Å². The van der Waals surface area contributed by atoms with Crippen LogP contribution in [0.1, 0.15) is 75.3 Å². The molecule has 2 aromatic carbocycles. The molecule has 0 saturated carbocycles. The fraction of sp³-hybridized carbons (Fsp3) is 0.467. The minimum Gasteiger partial charge on any atom is -0.507 e. The molecule has 14 nitrogen and oxygen atoms in total. The first-order valence-corrected chi connectivity index (χ1v) is 14.1. The summed E-state index contributed by atoms with van der Waals surface area (Å²) in [6.07, 6.45) is -5.66. The number of amides is 1. The van der Waals surface area contributed by atoms with Crippen LogP contribution in [0.15, 0.2) is 24.3 Å². The molecule has 6 atom stereocenters. The molecular weight excluding hydrogens is 616 g/mol. The van der Waals surface area contributed by atoms with E-state index in [-0.39, 0.29) is 60.5 Å². The fourth-order valence-corrected chi connectivity index (χ4v) is 5.96. The van der Waals surface area contributed by atoms with Crippen molar-refractivity contribution in [2.75, 3.05) is 20.3 Å². The van der Waals surface area contributed by atoms with Crippen molar-refractivity contribution in [2.24, 2.45) is 5.73 Å². The summed E-state index contributed by atoms with van der Waals surface area (Å²) in [6.45, 7) is 0.906. The number of hydrogen-bond acceptors (Lipinski definition) is 13. The maximum absolute atomic E-state index is 13.5. The summed E-state index contributed by atoms with van der Waals surface area (Å²) in [4.78, 5) is 50.6. The number of methoxy groups -OCH3 is 1. The lowest BCUT2D eigenvalue weighted by Gasteiger charge is -2.42. The molecule has 0 aromatic heterocycles. The van der Waals surface area contributed by atoms with Crippen LogP contribution in [0.5, 0.6) is 11.5 Å². The highest BCUT2D eigenvalue weighted by atomic mass is 35.5. The Morgan fingerprint density at radius 3 is 2.33 bits per heavy atom. The van der Waals surface area contributed by atoms with Gasteiger partial charge in [0, 0.05) is 54.1 Å². The second-order valence-corrected chi connectivity index (χ2v) is 11.3. The van der Waals surface area contributed by atoms with Gasteiger partial charge in [-0.05, 0) is 6.92 Å². The van der Waals surface area contributed by atoms with Gasteiger partial charge in [0.1, 0.15) is 23.7 Å². The molecule has 1 aliphatic heterocycles. The number of rotatable bonds is 7. The Balaban J connectivity index is 0.00000461. The molecule has 0 radical (unpaired) electrons. The van der Waals surface area contributed by atoms with Gasteiger partial charge in [0.2, 0.25) is 0 Å². The van der Waals surface area contributed by atoms with E-state index in [0.29, 0.717) is 0 Å². The van der Waals surface area contributed by atoms with Crippen LogP contribution in [0.3, 0.4) is 0 Å². The number of nitrogens with one attached hydrogen (secondary N) is 1. The second-order valence-electron chi connectivity index (χ2n) is 11.3. The molecule has 1 unspecified atom stereocenters. The number of carbonyl (C=O) groups excluding carboxylic acids is 4. The van der Waals surface area contributed by atoms with Crippen LogP contribution in [-0.2, 0) is 30.2 Å². The number of phenols is 2. The van der Waals surface area contributed by atoms with Crippen LogP contribution in [0.25, 0.3) is 0 Å². The standard InChI is InChI=1S/C30H34N2O12.ClH/c1-13-24(34)17(31)9-20(43-13)44-18-11-30(40,12-42-29(39)32-8-7-19(33)41-2)10-16-21(18)28(38)23-22(27(16)37)25(35)14-5-3-4-6-15(14)26(23)36;/h3-6,13,17-18,20,24,34,37-38,40H,7-12,31H2,1-2H3,(H,32,39);1H/t13-,17+,18+,20+,24+,30?;/m1./s1. The van der Waals surface area contributed by atoms with Gasteiger partial charge in [0.05, 0.1) is 43.0 Å². The summed E-state index contributed by atoms with van der Waals surface area (Å²) in [5, 5.41) is 47.2. The predicted octanol–water partition coefficient (Wildman–Crippen LogP) is 1.14. The van der Waals surface area contributed by atoms with Crippen molar-refractivity contribution in [3.63, 3.8) is 0 Å². The van der Waals surface area contributed by atoms with Crippen LogP contribution >= 0.6 is 12.4 Å². The SMILES string of the molecule is COC(=O)CCNC(=O)OCC1(O)Cc2c(O)c3c(c(O)c2[C@@H](O[C@H]2C[C@H](N)[C@@H](O)[C@@H](C)O2)C1)C(=O)c1ccccc1C3=O.Cl. The maximum Gasteiger partial charge on any atom is 0.407 e. The number of benzene rings is 2. The summed E-state index contributed by atoms with van der Waals surface area (Å²) in [5.74, 6) is -3.14. The summed E-state index contributed by atoms with van der Waals surface area (Å²) in [5.41, 5.74) is 3.34. The molecule has 1 fully saturated rings. The molecule has 244 valence electrons. The predicted molar refractivity (Wildman–Crippen MR) is 156 cm³/mol. The zero-order valence-corrected chi connectivity index (χ0v) is 25.3. The van der Waals surface area contributed by atoms with Crippen molar-refractivity contribution in [1.29, 1.82) is 0 Å². The summed E-state index contributed by atoms with van der Waals surface area (Å²) < 4.78 is 21.7. The van der Waals surface area contributed by atoms with Gasteiger partial charge < -0.3 is 50.4 Å². The van der Waals surface area contributed by atoms with Crippen molar-refractivity contribution in [1.82, 2.24) is 5.32 Å². The van der Waals surface area contributed by atoms with Crippen molar-refractivity contribution in [3.8, 4) is 11.5 Å². The van der Waals surface area contributed by atoms with Gasteiger partial charge in [-0.15, -0.1) is 12.4 Å². The Hall–Kier alpha value is -3.79. The van der Waals surface area contributed by atoms with Crippen molar-refractivity contribution in [2.45, 2.75) is 68.9 Å². The highest BCUT2D eigenvalue weighted by Gasteiger charge is 2.48. The zero-order chi connectivity index (χ0) is 31.9. The number of ketones is 2. The number of phenolic OH excluding ortho intramolecular Hbond substituents is 2. The van der Waals surface area contributed by atoms with Gasteiger partial charge in [0.25, 0.3) is 0 Å². The lowest BCUT2D eigenvalue weighted by Crippen LogP contribution is -2.52. The minimum absolute atomic E-state index is 0. The van der Waals surface area contributed by atoms with Crippen molar-refractivity contribution in [3.05, 3.63) is 57.6 Å². The van der Waals surface area contributed by atoms with Crippen LogP contribution < -0.4 is 11.1 Å². The lowest BCUT2D eigenvalue weighted by molar-refractivity contribution is -0.248. The number of alkyl carbamates (subject to hydrolysis) is 1. The molecule has 15 heteroatoms. The smallest absolute Gasteiger partial charge is 0.407 e. The van der Waals surface area contributed by atoms with E-state index < -0.39 is 95.5 Å². The number of nitrogens with two attached hydrogens (primary N) is 1. The molecule has 2 aromatic rings. The Morgan fingerprint density at radius 1 is 1.11 bits per heavy atom. The highest BCUT2D eigenvalue weighted by molar-refractivity contribution is 6.30. The molecule has 1 saturated heterocycles. The van der Waals surface area contributed by atoms with E-state index in [2.05, 4.69) is 10.1 Å². The lowest BCUT2D eigenvalue weighted by atomic mass is 9.73. The zero-order valence-electron chi connectivity index (χ0n) is 24.5. The maximum atomic E-state index is 13.5. The number of aliphatic hydroxyl groups excluding tert-OH is 1. The average Bonchev–Trinajstić information content (AvgIpc) is 2.99. The number of fused-ring (bicyclic) bond motifs is 3. The van der Waals surface area contributed by atoms with E-state index in [1.54, 1.807) is 19.1 Å². The molecule has 1 heterocycles. The van der Waals surface area contributed by atoms with Gasteiger partial charge in [-0.1, -0.05) is 24.3 Å². The van der Waals surface area contributed by atoms with E-state index in [0.717, 1.165) is 0 Å². The molecular formula is C30H35ClN2O12. The fourth-order valence-electron chi connectivity index (χ4n) is 5.96. The first kappa shape index (κ1) is 34.1. The molecule has 1 amide bonds. The average molecular weight is 651 g/mol. The summed E-state index contributed by atoms with van der Waals surface area (Å²) in [6, 6.07) is 5.29. The van der Waals surface area contributed by atoms with Gasteiger partial charge in [0.15, 0.2) is 17.9 Å². The number of aliphatic hydroxyl groups is 2. The number of halogens is 1.